The second kappa shape index (κ2) is 8.15. The fourth-order valence-electron chi connectivity index (χ4n) is 2.61. The molecule has 134 valence electrons. The number of hydrogen-bond acceptors (Lipinski definition) is 5. The Balaban J connectivity index is 1.96. The molecule has 0 radical (unpaired) electrons. The van der Waals surface area contributed by atoms with Crippen LogP contribution in [0.15, 0.2) is 17.3 Å². The Kier molecular flexibility index (Phi) is 6.19. The predicted octanol–water partition coefficient (Wildman–Crippen LogP) is 1.89. The van der Waals surface area contributed by atoms with E-state index in [1.54, 1.807) is 4.57 Å². The second-order valence-corrected chi connectivity index (χ2v) is 6.98. The van der Waals surface area contributed by atoms with Crippen LogP contribution in [0, 0.1) is 20.8 Å². The fourth-order valence-corrected chi connectivity index (χ4v) is 3.34. The van der Waals surface area contributed by atoms with Crippen molar-refractivity contribution in [2.24, 2.45) is 12.8 Å². The van der Waals surface area contributed by atoms with E-state index in [9.17, 15) is 9.59 Å². The molecule has 2 amide bonds. The number of primary amides is 1. The van der Waals surface area contributed by atoms with Gasteiger partial charge in [-0.15, -0.1) is 10.2 Å². The number of carbonyl (C=O) groups excluding carboxylic acids is 2. The second-order valence-electron chi connectivity index (χ2n) is 6.03. The number of anilines is 1. The maximum atomic E-state index is 12.3. The van der Waals surface area contributed by atoms with Gasteiger partial charge in [0, 0.05) is 25.6 Å². The van der Waals surface area contributed by atoms with Crippen LogP contribution in [0.25, 0.3) is 0 Å². The van der Waals surface area contributed by atoms with Crippen molar-refractivity contribution in [3.8, 4) is 0 Å². The van der Waals surface area contributed by atoms with E-state index in [0.717, 1.165) is 16.8 Å². The SMILES string of the molecule is Cc1cc(C)c(NC(=O)CSc2nnc(CCC(N)=O)n2C)c(C)c1. The van der Waals surface area contributed by atoms with E-state index in [1.165, 1.54) is 17.3 Å². The van der Waals surface area contributed by atoms with Gasteiger partial charge >= 0.3 is 0 Å². The van der Waals surface area contributed by atoms with Crippen molar-refractivity contribution in [1.29, 1.82) is 0 Å². The first kappa shape index (κ1) is 19.0. The minimum Gasteiger partial charge on any atom is -0.370 e. The number of thioether (sulfide) groups is 1. The van der Waals surface area contributed by atoms with Crippen LogP contribution in [-0.2, 0) is 23.1 Å². The smallest absolute Gasteiger partial charge is 0.234 e. The number of benzene rings is 1. The number of nitrogens with zero attached hydrogens (tertiary/aromatic N) is 3. The van der Waals surface area contributed by atoms with Gasteiger partial charge in [-0.05, 0) is 31.9 Å². The highest BCUT2D eigenvalue weighted by atomic mass is 32.2. The molecule has 0 atom stereocenters. The van der Waals surface area contributed by atoms with Gasteiger partial charge < -0.3 is 15.6 Å². The highest BCUT2D eigenvalue weighted by molar-refractivity contribution is 7.99. The number of rotatable bonds is 7. The van der Waals surface area contributed by atoms with Gasteiger partial charge in [-0.1, -0.05) is 29.5 Å². The lowest BCUT2D eigenvalue weighted by molar-refractivity contribution is -0.118. The van der Waals surface area contributed by atoms with Gasteiger partial charge in [-0.3, -0.25) is 9.59 Å². The molecule has 0 aliphatic heterocycles. The maximum Gasteiger partial charge on any atom is 0.234 e. The molecular weight excluding hydrogens is 338 g/mol. The van der Waals surface area contributed by atoms with Crippen LogP contribution in [0.1, 0.15) is 28.9 Å². The first-order chi connectivity index (χ1) is 11.8. The number of carbonyl (C=O) groups is 2. The maximum absolute atomic E-state index is 12.3. The summed E-state index contributed by atoms with van der Waals surface area (Å²) in [4.78, 5) is 23.1. The summed E-state index contributed by atoms with van der Waals surface area (Å²) in [7, 11) is 1.81. The van der Waals surface area contributed by atoms with Gasteiger partial charge in [-0.2, -0.15) is 0 Å². The summed E-state index contributed by atoms with van der Waals surface area (Å²) in [5.41, 5.74) is 9.27. The molecule has 0 unspecified atom stereocenters. The third-order valence-corrected chi connectivity index (χ3v) is 4.81. The molecule has 2 rings (SSSR count). The standard InChI is InChI=1S/C17H23N5O2S/c1-10-7-11(2)16(12(3)8-10)19-15(24)9-25-17-21-20-14(22(17)4)6-5-13(18)23/h7-8H,5-6,9H2,1-4H3,(H2,18,23)(H,19,24). The van der Waals surface area contributed by atoms with E-state index in [-0.39, 0.29) is 24.0 Å². The largest absolute Gasteiger partial charge is 0.370 e. The fraction of sp³-hybridized carbons (Fsp3) is 0.412. The van der Waals surface area contributed by atoms with E-state index in [1.807, 2.05) is 40.0 Å². The third kappa shape index (κ3) is 5.06. The Morgan fingerprint density at radius 1 is 1.20 bits per heavy atom. The van der Waals surface area contributed by atoms with Crippen molar-refractivity contribution < 1.29 is 9.59 Å². The highest BCUT2D eigenvalue weighted by Crippen LogP contribution is 2.23. The number of aromatic nitrogens is 3. The first-order valence-corrected chi connectivity index (χ1v) is 8.93. The summed E-state index contributed by atoms with van der Waals surface area (Å²) < 4.78 is 1.78. The normalized spacial score (nSPS) is 10.7. The molecule has 2 aromatic rings. The zero-order chi connectivity index (χ0) is 18.6. The molecule has 0 aliphatic rings. The third-order valence-electron chi connectivity index (χ3n) is 3.79. The minimum atomic E-state index is -0.375. The van der Waals surface area contributed by atoms with Crippen LogP contribution in [0.5, 0.6) is 0 Å². The minimum absolute atomic E-state index is 0.0956. The molecule has 8 heteroatoms. The summed E-state index contributed by atoms with van der Waals surface area (Å²) in [6.07, 6.45) is 0.663. The van der Waals surface area contributed by atoms with Crippen molar-refractivity contribution in [3.63, 3.8) is 0 Å². The highest BCUT2D eigenvalue weighted by Gasteiger charge is 2.13. The van der Waals surface area contributed by atoms with Crippen LogP contribution in [0.3, 0.4) is 0 Å². The van der Waals surface area contributed by atoms with Crippen molar-refractivity contribution in [2.75, 3.05) is 11.1 Å². The Morgan fingerprint density at radius 3 is 2.44 bits per heavy atom. The van der Waals surface area contributed by atoms with Gasteiger partial charge in [0.25, 0.3) is 0 Å². The molecule has 3 N–H and O–H groups in total. The summed E-state index contributed by atoms with van der Waals surface area (Å²) in [5.74, 6) is 0.434. The molecule has 1 aromatic carbocycles. The lowest BCUT2D eigenvalue weighted by atomic mass is 10.1. The summed E-state index contributed by atoms with van der Waals surface area (Å²) in [5, 5.41) is 11.7. The molecule has 7 nitrogen and oxygen atoms in total. The first-order valence-electron chi connectivity index (χ1n) is 7.95. The van der Waals surface area contributed by atoms with Crippen LogP contribution in [0.2, 0.25) is 0 Å². The van der Waals surface area contributed by atoms with Crippen LogP contribution in [-0.4, -0.2) is 32.3 Å². The molecule has 1 heterocycles. The quantitative estimate of drug-likeness (QED) is 0.733. The van der Waals surface area contributed by atoms with Crippen molar-refractivity contribution in [3.05, 3.63) is 34.6 Å². The Morgan fingerprint density at radius 2 is 1.84 bits per heavy atom. The predicted molar refractivity (Wildman–Crippen MR) is 98.5 cm³/mol. The number of hydrogen-bond donors (Lipinski definition) is 2. The molecule has 0 spiro atoms. The Bertz CT molecular complexity index is 777. The lowest BCUT2D eigenvalue weighted by Gasteiger charge is -2.12. The summed E-state index contributed by atoms with van der Waals surface area (Å²) >= 11 is 1.31. The van der Waals surface area contributed by atoms with Crippen molar-refractivity contribution in [1.82, 2.24) is 14.8 Å². The average molecular weight is 361 g/mol. The zero-order valence-corrected chi connectivity index (χ0v) is 15.7. The summed E-state index contributed by atoms with van der Waals surface area (Å²) in [6, 6.07) is 4.09. The number of amides is 2. The van der Waals surface area contributed by atoms with E-state index in [0.29, 0.717) is 17.4 Å². The molecule has 0 bridgehead atoms. The number of aryl methyl sites for hydroxylation is 4. The van der Waals surface area contributed by atoms with E-state index >= 15 is 0 Å². The van der Waals surface area contributed by atoms with Crippen molar-refractivity contribution >= 4 is 29.3 Å². The Labute approximate surface area is 151 Å². The molecule has 0 saturated heterocycles. The van der Waals surface area contributed by atoms with E-state index in [4.69, 9.17) is 5.73 Å². The van der Waals surface area contributed by atoms with Crippen LogP contribution >= 0.6 is 11.8 Å². The Hall–Kier alpha value is -2.35. The molecular formula is C17H23N5O2S. The van der Waals surface area contributed by atoms with Gasteiger partial charge in [0.15, 0.2) is 5.16 Å². The average Bonchev–Trinajstić information content (AvgIpc) is 2.87. The van der Waals surface area contributed by atoms with Crippen LogP contribution in [0.4, 0.5) is 5.69 Å². The number of nitrogens with one attached hydrogen (secondary N) is 1. The summed E-state index contributed by atoms with van der Waals surface area (Å²) in [6.45, 7) is 6.00. The molecule has 25 heavy (non-hydrogen) atoms. The topological polar surface area (TPSA) is 103 Å². The van der Waals surface area contributed by atoms with Gasteiger partial charge in [0.05, 0.1) is 5.75 Å². The molecule has 0 saturated carbocycles. The van der Waals surface area contributed by atoms with Crippen molar-refractivity contribution in [2.45, 2.75) is 38.8 Å². The van der Waals surface area contributed by atoms with Gasteiger partial charge in [0.1, 0.15) is 5.82 Å². The zero-order valence-electron chi connectivity index (χ0n) is 14.9. The van der Waals surface area contributed by atoms with Gasteiger partial charge in [-0.25, -0.2) is 0 Å². The van der Waals surface area contributed by atoms with Crippen LogP contribution < -0.4 is 11.1 Å². The lowest BCUT2D eigenvalue weighted by Crippen LogP contribution is -2.16. The van der Waals surface area contributed by atoms with Gasteiger partial charge in [0.2, 0.25) is 11.8 Å². The van der Waals surface area contributed by atoms with E-state index in [2.05, 4.69) is 15.5 Å². The molecule has 0 fully saturated rings. The molecule has 1 aromatic heterocycles. The van der Waals surface area contributed by atoms with E-state index < -0.39 is 0 Å². The molecule has 0 aliphatic carbocycles. The number of nitrogens with two attached hydrogens (primary N) is 1. The monoisotopic (exact) mass is 361 g/mol.